The van der Waals surface area contributed by atoms with Crippen LogP contribution in [0.15, 0.2) is 0 Å². The van der Waals surface area contributed by atoms with Crippen molar-refractivity contribution in [3.63, 3.8) is 0 Å². The van der Waals surface area contributed by atoms with Crippen molar-refractivity contribution in [2.24, 2.45) is 0 Å². The second-order valence-corrected chi connectivity index (χ2v) is 5.50. The molecule has 9 nitrogen and oxygen atoms in total. The minimum Gasteiger partial charge on any atom is -0.388 e. The maximum atomic E-state index is 9.91. The molecule has 0 saturated carbocycles. The third-order valence-electron chi connectivity index (χ3n) is 3.90. The van der Waals surface area contributed by atoms with Crippen molar-refractivity contribution < 1.29 is 44.8 Å². The zero-order valence-corrected chi connectivity index (χ0v) is 11.7. The molecule has 0 aliphatic carbocycles. The van der Waals surface area contributed by atoms with Gasteiger partial charge in [-0.25, -0.2) is 0 Å². The van der Waals surface area contributed by atoms with Crippen molar-refractivity contribution in [2.45, 2.75) is 75.3 Å². The van der Waals surface area contributed by atoms with Crippen molar-refractivity contribution in [1.29, 1.82) is 0 Å². The molecule has 2 aliphatic heterocycles. The zero-order chi connectivity index (χ0) is 15.9. The molecule has 0 aromatic rings. The van der Waals surface area contributed by atoms with E-state index < -0.39 is 61.4 Å². The standard InChI is InChI=1S/C12H22O9/c1-3-5(13)6(14)9(17)12(20-3)21-10-4(2)19-11(18)8(16)7(10)15/h3-18H,1-2H3/t3?,4?,5?,6?,7?,8-,9?,10?,11?,12?/m0/s1. The van der Waals surface area contributed by atoms with E-state index in [-0.39, 0.29) is 0 Å². The fourth-order valence-electron chi connectivity index (χ4n) is 2.49. The predicted molar refractivity (Wildman–Crippen MR) is 65.8 cm³/mol. The first-order valence-electron chi connectivity index (χ1n) is 6.78. The number of rotatable bonds is 2. The van der Waals surface area contributed by atoms with Crippen LogP contribution in [0, 0.1) is 0 Å². The summed E-state index contributed by atoms with van der Waals surface area (Å²) in [4.78, 5) is 0. The number of hydrogen-bond donors (Lipinski definition) is 6. The maximum absolute atomic E-state index is 9.91. The van der Waals surface area contributed by atoms with Crippen LogP contribution in [-0.2, 0) is 14.2 Å². The Morgan fingerprint density at radius 3 is 1.90 bits per heavy atom. The number of ether oxygens (including phenoxy) is 3. The van der Waals surface area contributed by atoms with Gasteiger partial charge in [0.25, 0.3) is 0 Å². The number of aliphatic hydroxyl groups excluding tert-OH is 6. The van der Waals surface area contributed by atoms with Gasteiger partial charge in [0.1, 0.15) is 36.6 Å². The van der Waals surface area contributed by atoms with Crippen LogP contribution in [0.3, 0.4) is 0 Å². The first kappa shape index (κ1) is 17.0. The molecule has 0 amide bonds. The highest BCUT2D eigenvalue weighted by atomic mass is 16.7. The van der Waals surface area contributed by atoms with Gasteiger partial charge in [0, 0.05) is 0 Å². The molecule has 2 aliphatic rings. The highest BCUT2D eigenvalue weighted by Gasteiger charge is 2.48. The van der Waals surface area contributed by atoms with Gasteiger partial charge in [0.15, 0.2) is 12.6 Å². The smallest absolute Gasteiger partial charge is 0.187 e. The Morgan fingerprint density at radius 1 is 0.667 bits per heavy atom. The van der Waals surface area contributed by atoms with E-state index in [1.165, 1.54) is 13.8 Å². The van der Waals surface area contributed by atoms with Gasteiger partial charge in [-0.1, -0.05) is 0 Å². The second-order valence-electron chi connectivity index (χ2n) is 5.50. The minimum atomic E-state index is -1.57. The molecule has 10 atom stereocenters. The third kappa shape index (κ3) is 3.21. The van der Waals surface area contributed by atoms with Crippen molar-refractivity contribution in [2.75, 3.05) is 0 Å². The first-order chi connectivity index (χ1) is 9.73. The van der Waals surface area contributed by atoms with Crippen LogP contribution in [-0.4, -0.2) is 92.1 Å². The lowest BCUT2D eigenvalue weighted by atomic mass is 9.98. The molecule has 2 heterocycles. The molecule has 0 radical (unpaired) electrons. The summed E-state index contributed by atoms with van der Waals surface area (Å²) in [5, 5.41) is 58.0. The Labute approximate surface area is 121 Å². The second kappa shape index (κ2) is 6.41. The maximum Gasteiger partial charge on any atom is 0.187 e. The first-order valence-corrected chi connectivity index (χ1v) is 6.78. The van der Waals surface area contributed by atoms with Crippen LogP contribution >= 0.6 is 0 Å². The molecule has 2 fully saturated rings. The summed E-state index contributed by atoms with van der Waals surface area (Å²) in [6.07, 6.45) is -12.8. The van der Waals surface area contributed by atoms with E-state index in [1.54, 1.807) is 0 Å². The fraction of sp³-hybridized carbons (Fsp3) is 1.00. The van der Waals surface area contributed by atoms with Crippen LogP contribution < -0.4 is 0 Å². The van der Waals surface area contributed by atoms with Gasteiger partial charge >= 0.3 is 0 Å². The third-order valence-corrected chi connectivity index (χ3v) is 3.90. The van der Waals surface area contributed by atoms with E-state index >= 15 is 0 Å². The van der Waals surface area contributed by atoms with Crippen molar-refractivity contribution in [3.8, 4) is 0 Å². The molecule has 9 heteroatoms. The van der Waals surface area contributed by atoms with E-state index in [1.807, 2.05) is 0 Å². The van der Waals surface area contributed by atoms with E-state index in [4.69, 9.17) is 14.2 Å². The average Bonchev–Trinajstić information content (AvgIpc) is 2.44. The van der Waals surface area contributed by atoms with Crippen LogP contribution in [0.5, 0.6) is 0 Å². The molecule has 9 unspecified atom stereocenters. The van der Waals surface area contributed by atoms with Crippen LogP contribution in [0.4, 0.5) is 0 Å². The Hall–Kier alpha value is -0.360. The Balaban J connectivity index is 2.06. The van der Waals surface area contributed by atoms with Crippen LogP contribution in [0.2, 0.25) is 0 Å². The molecule has 124 valence electrons. The Kier molecular flexibility index (Phi) is 5.19. The van der Waals surface area contributed by atoms with E-state index in [0.717, 1.165) is 0 Å². The van der Waals surface area contributed by atoms with Crippen LogP contribution in [0.25, 0.3) is 0 Å². The summed E-state index contributed by atoms with van der Waals surface area (Å²) in [6.45, 7) is 3.00. The fourth-order valence-corrected chi connectivity index (χ4v) is 2.49. The van der Waals surface area contributed by atoms with Crippen molar-refractivity contribution in [1.82, 2.24) is 0 Å². The molecular weight excluding hydrogens is 288 g/mol. The molecule has 2 rings (SSSR count). The summed E-state index contributed by atoms with van der Waals surface area (Å²) in [5.41, 5.74) is 0. The summed E-state index contributed by atoms with van der Waals surface area (Å²) >= 11 is 0. The van der Waals surface area contributed by atoms with Gasteiger partial charge in [0.05, 0.1) is 12.2 Å². The summed E-state index contributed by atoms with van der Waals surface area (Å²) in [7, 11) is 0. The molecule has 2 saturated heterocycles. The molecular formula is C12H22O9. The highest BCUT2D eigenvalue weighted by Crippen LogP contribution is 2.28. The quantitative estimate of drug-likeness (QED) is 0.308. The zero-order valence-electron chi connectivity index (χ0n) is 11.7. The van der Waals surface area contributed by atoms with Gasteiger partial charge in [-0.2, -0.15) is 0 Å². The van der Waals surface area contributed by atoms with Gasteiger partial charge in [0.2, 0.25) is 0 Å². The monoisotopic (exact) mass is 310 g/mol. The Morgan fingerprint density at radius 2 is 1.29 bits per heavy atom. The number of hydrogen-bond acceptors (Lipinski definition) is 9. The lowest BCUT2D eigenvalue weighted by Gasteiger charge is -2.44. The topological polar surface area (TPSA) is 149 Å². The minimum absolute atomic E-state index is 0.784. The lowest BCUT2D eigenvalue weighted by Crippen LogP contribution is -2.62. The molecule has 0 spiro atoms. The van der Waals surface area contributed by atoms with Gasteiger partial charge in [-0.3, -0.25) is 0 Å². The molecule has 0 bridgehead atoms. The summed E-state index contributed by atoms with van der Waals surface area (Å²) < 4.78 is 15.6. The van der Waals surface area contributed by atoms with E-state index in [2.05, 4.69) is 0 Å². The summed E-state index contributed by atoms with van der Waals surface area (Å²) in [6, 6.07) is 0. The van der Waals surface area contributed by atoms with Crippen molar-refractivity contribution >= 4 is 0 Å². The summed E-state index contributed by atoms with van der Waals surface area (Å²) in [5.74, 6) is 0. The SMILES string of the molecule is CC1OC(OC2C(C)OC(O)[C@@H](O)C2O)C(O)C(O)C1O. The normalized spacial score (nSPS) is 55.4. The highest BCUT2D eigenvalue weighted by molar-refractivity contribution is 4.91. The predicted octanol–water partition coefficient (Wildman–Crippen LogP) is -3.34. The van der Waals surface area contributed by atoms with Crippen molar-refractivity contribution in [3.05, 3.63) is 0 Å². The van der Waals surface area contributed by atoms with Crippen LogP contribution in [0.1, 0.15) is 13.8 Å². The van der Waals surface area contributed by atoms with Gasteiger partial charge in [-0.15, -0.1) is 0 Å². The molecule has 0 aromatic heterocycles. The largest absolute Gasteiger partial charge is 0.388 e. The van der Waals surface area contributed by atoms with Gasteiger partial charge < -0.3 is 44.8 Å². The Bertz CT molecular complexity index is 354. The molecule has 6 N–H and O–H groups in total. The average molecular weight is 310 g/mol. The number of aliphatic hydroxyl groups is 6. The lowest BCUT2D eigenvalue weighted by molar-refractivity contribution is -0.348. The van der Waals surface area contributed by atoms with E-state index in [9.17, 15) is 30.6 Å². The van der Waals surface area contributed by atoms with Gasteiger partial charge in [-0.05, 0) is 13.8 Å². The van der Waals surface area contributed by atoms with E-state index in [0.29, 0.717) is 0 Å². The molecule has 21 heavy (non-hydrogen) atoms. The molecule has 0 aromatic carbocycles.